The Balaban J connectivity index is 2.85. The molecule has 1 rings (SSSR count). The number of rotatable bonds is 5. The van der Waals surface area contributed by atoms with E-state index < -0.39 is 24.9 Å². The van der Waals surface area contributed by atoms with E-state index in [1.165, 1.54) is 12.1 Å². The molecule has 0 heterocycles. The monoisotopic (exact) mass is 266 g/mol. The largest absolute Gasteiger partial charge is 0.485 e. The molecule has 0 fully saturated rings. The van der Waals surface area contributed by atoms with Gasteiger partial charge in [-0.1, -0.05) is 0 Å². The van der Waals surface area contributed by atoms with Crippen molar-refractivity contribution >= 4 is 11.6 Å². The molecular weight excluding hydrogens is 256 g/mol. The Bertz CT molecular complexity index is 452. The van der Waals surface area contributed by atoms with Crippen molar-refractivity contribution in [3.05, 3.63) is 23.8 Å². The highest BCUT2D eigenvalue weighted by molar-refractivity contribution is 5.93. The lowest BCUT2D eigenvalue weighted by molar-refractivity contribution is -0.148. The molecule has 0 aliphatic heterocycles. The van der Waals surface area contributed by atoms with Gasteiger partial charge in [0.25, 0.3) is 0 Å². The summed E-state index contributed by atoms with van der Waals surface area (Å²) < 4.78 is 53.5. The summed E-state index contributed by atoms with van der Waals surface area (Å²) in [5.41, 5.74) is 10.3. The van der Waals surface area contributed by atoms with Crippen LogP contribution in [0.3, 0.4) is 0 Å². The third-order valence-corrected chi connectivity index (χ3v) is 2.04. The van der Waals surface area contributed by atoms with E-state index in [1.807, 2.05) is 0 Å². The van der Waals surface area contributed by atoms with Crippen molar-refractivity contribution in [3.8, 4) is 5.75 Å². The maximum absolute atomic E-state index is 12.6. The third kappa shape index (κ3) is 3.25. The summed E-state index contributed by atoms with van der Waals surface area (Å²) in [4.78, 5) is 10.8. The Labute approximate surface area is 99.5 Å². The smallest absolute Gasteiger partial charge is 0.340 e. The molecule has 1 aromatic carbocycles. The van der Waals surface area contributed by atoms with Crippen LogP contribution in [-0.2, 0) is 0 Å². The van der Waals surface area contributed by atoms with Crippen LogP contribution in [-0.4, -0.2) is 24.9 Å². The fraction of sp³-hybridized carbons (Fsp3) is 0.300. The molecule has 0 unspecified atom stereocenters. The highest BCUT2D eigenvalue weighted by Gasteiger charge is 2.41. The quantitative estimate of drug-likeness (QED) is 0.628. The molecule has 4 N–H and O–H groups in total. The molecule has 0 atom stereocenters. The van der Waals surface area contributed by atoms with Crippen molar-refractivity contribution in [3.63, 3.8) is 0 Å². The maximum Gasteiger partial charge on any atom is 0.340 e. The normalized spacial score (nSPS) is 11.6. The zero-order valence-electron chi connectivity index (χ0n) is 9.00. The number of carbonyl (C=O) groups is 1. The number of nitrogens with two attached hydrogens (primary N) is 2. The van der Waals surface area contributed by atoms with Gasteiger partial charge in [-0.25, -0.2) is 8.78 Å². The first-order chi connectivity index (χ1) is 8.24. The number of ether oxygens (including phenoxy) is 1. The van der Waals surface area contributed by atoms with Crippen LogP contribution in [0.15, 0.2) is 18.2 Å². The van der Waals surface area contributed by atoms with Gasteiger partial charge in [0.2, 0.25) is 5.91 Å². The van der Waals surface area contributed by atoms with Gasteiger partial charge in [0, 0.05) is 5.56 Å². The molecule has 0 bridgehead atoms. The minimum Gasteiger partial charge on any atom is -0.485 e. The van der Waals surface area contributed by atoms with Crippen LogP contribution in [0.2, 0.25) is 0 Å². The van der Waals surface area contributed by atoms with E-state index >= 15 is 0 Å². The molecular formula is C10H10F4N2O2. The molecule has 0 saturated heterocycles. The van der Waals surface area contributed by atoms with Crippen LogP contribution < -0.4 is 16.2 Å². The van der Waals surface area contributed by atoms with Crippen molar-refractivity contribution in [2.45, 2.75) is 12.3 Å². The van der Waals surface area contributed by atoms with Gasteiger partial charge in [0.1, 0.15) is 5.75 Å². The van der Waals surface area contributed by atoms with Crippen molar-refractivity contribution in [2.24, 2.45) is 5.73 Å². The lowest BCUT2D eigenvalue weighted by Gasteiger charge is -2.17. The summed E-state index contributed by atoms with van der Waals surface area (Å²) in [7, 11) is 0. The highest BCUT2D eigenvalue weighted by atomic mass is 19.3. The molecule has 0 aliphatic rings. The predicted molar refractivity (Wildman–Crippen MR) is 55.8 cm³/mol. The Kier molecular flexibility index (Phi) is 4.00. The summed E-state index contributed by atoms with van der Waals surface area (Å²) in [6, 6.07) is 3.48. The Morgan fingerprint density at radius 3 is 2.50 bits per heavy atom. The minimum absolute atomic E-state index is 0.0282. The van der Waals surface area contributed by atoms with E-state index in [-0.39, 0.29) is 17.0 Å². The van der Waals surface area contributed by atoms with Crippen LogP contribution in [0.4, 0.5) is 23.2 Å². The van der Waals surface area contributed by atoms with Crippen LogP contribution in [0.25, 0.3) is 0 Å². The lowest BCUT2D eigenvalue weighted by Crippen LogP contribution is -2.33. The van der Waals surface area contributed by atoms with E-state index in [1.54, 1.807) is 0 Å². The van der Waals surface area contributed by atoms with E-state index in [9.17, 15) is 22.4 Å². The second kappa shape index (κ2) is 5.11. The highest BCUT2D eigenvalue weighted by Crippen LogP contribution is 2.27. The van der Waals surface area contributed by atoms with Crippen LogP contribution in [0.5, 0.6) is 5.75 Å². The molecule has 0 aromatic heterocycles. The van der Waals surface area contributed by atoms with Gasteiger partial charge in [-0.3, -0.25) is 4.79 Å². The van der Waals surface area contributed by atoms with E-state index in [4.69, 9.17) is 11.5 Å². The molecule has 100 valence electrons. The Morgan fingerprint density at radius 1 is 1.39 bits per heavy atom. The van der Waals surface area contributed by atoms with E-state index in [2.05, 4.69) is 4.74 Å². The fourth-order valence-electron chi connectivity index (χ4n) is 1.05. The van der Waals surface area contributed by atoms with Gasteiger partial charge < -0.3 is 16.2 Å². The van der Waals surface area contributed by atoms with E-state index in [0.717, 1.165) is 6.07 Å². The fourth-order valence-corrected chi connectivity index (χ4v) is 1.05. The van der Waals surface area contributed by atoms with Crippen molar-refractivity contribution < 1.29 is 27.1 Å². The number of hydrogen-bond donors (Lipinski definition) is 2. The first kappa shape index (κ1) is 14.1. The van der Waals surface area contributed by atoms with Gasteiger partial charge in [-0.05, 0) is 18.2 Å². The average Bonchev–Trinajstić information content (AvgIpc) is 2.27. The van der Waals surface area contributed by atoms with Crippen LogP contribution >= 0.6 is 0 Å². The number of alkyl halides is 4. The number of benzene rings is 1. The summed E-state index contributed by atoms with van der Waals surface area (Å²) in [5.74, 6) is -5.41. The molecule has 8 heteroatoms. The number of hydrogen-bond acceptors (Lipinski definition) is 3. The van der Waals surface area contributed by atoms with E-state index in [0.29, 0.717) is 0 Å². The molecule has 0 spiro atoms. The third-order valence-electron chi connectivity index (χ3n) is 2.04. The van der Waals surface area contributed by atoms with Gasteiger partial charge in [0.05, 0.1) is 5.69 Å². The Morgan fingerprint density at radius 2 is 2.00 bits per heavy atom. The number of halogens is 4. The molecule has 18 heavy (non-hydrogen) atoms. The number of anilines is 1. The number of amides is 1. The molecule has 1 amide bonds. The molecule has 1 aromatic rings. The van der Waals surface area contributed by atoms with Gasteiger partial charge in [-0.15, -0.1) is 0 Å². The van der Waals surface area contributed by atoms with Crippen molar-refractivity contribution in [1.82, 2.24) is 0 Å². The summed E-state index contributed by atoms with van der Waals surface area (Å²) in [5, 5.41) is 0. The second-order valence-electron chi connectivity index (χ2n) is 3.47. The number of carbonyl (C=O) groups excluding carboxylic acids is 1. The summed E-state index contributed by atoms with van der Waals surface area (Å²) in [6.45, 7) is -1.54. The molecule has 0 aliphatic carbocycles. The zero-order valence-corrected chi connectivity index (χ0v) is 9.00. The van der Waals surface area contributed by atoms with Crippen molar-refractivity contribution in [2.75, 3.05) is 12.3 Å². The molecule has 4 nitrogen and oxygen atoms in total. The number of nitrogen functional groups attached to an aromatic ring is 1. The van der Waals surface area contributed by atoms with Crippen LogP contribution in [0, 0.1) is 0 Å². The molecule has 0 radical (unpaired) electrons. The zero-order chi connectivity index (χ0) is 13.9. The van der Waals surface area contributed by atoms with Crippen molar-refractivity contribution in [1.29, 1.82) is 0 Å². The average molecular weight is 266 g/mol. The van der Waals surface area contributed by atoms with Gasteiger partial charge in [0.15, 0.2) is 6.61 Å². The summed E-state index contributed by atoms with van der Waals surface area (Å²) in [6.07, 6.45) is -3.85. The number of primary amides is 1. The SMILES string of the molecule is NC(=O)c1ccc(N)c(OCC(F)(F)C(F)F)c1. The molecule has 0 saturated carbocycles. The first-order valence-electron chi connectivity index (χ1n) is 4.72. The topological polar surface area (TPSA) is 78.3 Å². The maximum atomic E-state index is 12.6. The standard InChI is InChI=1S/C10H10F4N2O2/c11-9(12)10(13,14)4-18-7-3-5(8(16)17)1-2-6(7)15/h1-3,9H,4,15H2,(H2,16,17). The minimum atomic E-state index is -4.30. The van der Waals surface area contributed by atoms with Gasteiger partial charge >= 0.3 is 12.3 Å². The van der Waals surface area contributed by atoms with Crippen LogP contribution in [0.1, 0.15) is 10.4 Å². The predicted octanol–water partition coefficient (Wildman–Crippen LogP) is 1.65. The second-order valence-corrected chi connectivity index (χ2v) is 3.47. The Hall–Kier alpha value is -1.99. The van der Waals surface area contributed by atoms with Gasteiger partial charge in [-0.2, -0.15) is 8.78 Å². The first-order valence-corrected chi connectivity index (χ1v) is 4.72. The summed E-state index contributed by atoms with van der Waals surface area (Å²) >= 11 is 0. The lowest BCUT2D eigenvalue weighted by atomic mass is 10.2.